The Kier molecular flexibility index (Phi) is 7.37. The highest BCUT2D eigenvalue weighted by Crippen LogP contribution is 2.77. The van der Waals surface area contributed by atoms with Gasteiger partial charge in [0.05, 0.1) is 11.5 Å². The van der Waals surface area contributed by atoms with Gasteiger partial charge in [0.1, 0.15) is 0 Å². The maximum absolute atomic E-state index is 14.4. The number of hydrogen-bond donors (Lipinski definition) is 3. The van der Waals surface area contributed by atoms with Crippen LogP contribution in [0.25, 0.3) is 0 Å². The summed E-state index contributed by atoms with van der Waals surface area (Å²) in [5, 5.41) is 14.5. The van der Waals surface area contributed by atoms with E-state index in [-0.39, 0.29) is 39.1 Å². The van der Waals surface area contributed by atoms with Gasteiger partial charge < -0.3 is 16.2 Å². The fourth-order valence-corrected chi connectivity index (χ4v) is 12.7. The smallest absolute Gasteiger partial charge is 0.226 e. The molecule has 10 atom stereocenters. The van der Waals surface area contributed by atoms with Crippen molar-refractivity contribution in [3.8, 4) is 0 Å². The molecular weight excluding hydrogens is 516 g/mol. The first kappa shape index (κ1) is 30.4. The number of fused-ring (bicyclic) bond motifs is 7. The summed E-state index contributed by atoms with van der Waals surface area (Å²) >= 11 is 0. The van der Waals surface area contributed by atoms with Crippen LogP contribution >= 0.6 is 0 Å². The number of nitrogens with two attached hydrogens (primary N) is 1. The number of rotatable bonds is 5. The molecule has 1 aromatic rings. The molecule has 5 saturated carbocycles. The van der Waals surface area contributed by atoms with Crippen molar-refractivity contribution in [3.63, 3.8) is 0 Å². The molecule has 0 aromatic heterocycles. The molecule has 5 aliphatic carbocycles. The van der Waals surface area contributed by atoms with Gasteiger partial charge in [0.25, 0.3) is 0 Å². The van der Waals surface area contributed by atoms with Gasteiger partial charge in [-0.25, -0.2) is 0 Å². The number of aliphatic hydroxyl groups is 1. The highest BCUT2D eigenvalue weighted by Gasteiger charge is 2.71. The van der Waals surface area contributed by atoms with Crippen molar-refractivity contribution < 1.29 is 9.90 Å². The van der Waals surface area contributed by atoms with E-state index >= 15 is 0 Å². The van der Waals surface area contributed by atoms with Crippen molar-refractivity contribution in [1.82, 2.24) is 5.32 Å². The minimum absolute atomic E-state index is 0.0218. The summed E-state index contributed by atoms with van der Waals surface area (Å²) < 4.78 is 0. The molecule has 42 heavy (non-hydrogen) atoms. The SMILES string of the molecule is C=C(C)C1CC[C@]2(C(=O)NCc3cccc(CN)c3)CC[C@]3(C)C(CCC4[C@@]5(C)CC[C@H](O)C(C)(C)C5CC[C@]43C)C12. The minimum atomic E-state index is -0.291. The Balaban J connectivity index is 1.32. The van der Waals surface area contributed by atoms with Gasteiger partial charge in [-0.1, -0.05) is 71.0 Å². The normalized spacial score (nSPS) is 45.6. The van der Waals surface area contributed by atoms with E-state index in [1.165, 1.54) is 31.3 Å². The van der Waals surface area contributed by atoms with Crippen molar-refractivity contribution in [2.45, 2.75) is 125 Å². The van der Waals surface area contributed by atoms with Crippen molar-refractivity contribution in [3.05, 3.63) is 47.5 Å². The molecule has 0 heterocycles. The highest BCUT2D eigenvalue weighted by atomic mass is 16.3. The predicted molar refractivity (Wildman–Crippen MR) is 171 cm³/mol. The largest absolute Gasteiger partial charge is 0.393 e. The minimum Gasteiger partial charge on any atom is -0.393 e. The van der Waals surface area contributed by atoms with Crippen LogP contribution in [0.1, 0.15) is 117 Å². The monoisotopic (exact) mass is 574 g/mol. The molecule has 5 fully saturated rings. The first-order valence-electron chi connectivity index (χ1n) is 17.1. The third-order valence-corrected chi connectivity index (χ3v) is 15.2. The zero-order valence-corrected chi connectivity index (χ0v) is 27.4. The van der Waals surface area contributed by atoms with Gasteiger partial charge in [-0.3, -0.25) is 4.79 Å². The molecule has 1 amide bonds. The average molecular weight is 575 g/mol. The number of nitrogens with one attached hydrogen (secondary N) is 1. The second kappa shape index (κ2) is 10.2. The molecular formula is C38H58N2O2. The molecule has 0 spiro atoms. The molecule has 0 aliphatic heterocycles. The number of allylic oxidation sites excluding steroid dienone is 1. The molecule has 0 bridgehead atoms. The van der Waals surface area contributed by atoms with Gasteiger partial charge >= 0.3 is 0 Å². The molecule has 1 aromatic carbocycles. The van der Waals surface area contributed by atoms with Crippen LogP contribution in [0.2, 0.25) is 0 Å². The quantitative estimate of drug-likeness (QED) is 0.314. The van der Waals surface area contributed by atoms with Crippen molar-refractivity contribution in [1.29, 1.82) is 0 Å². The summed E-state index contributed by atoms with van der Waals surface area (Å²) in [6, 6.07) is 8.33. The van der Waals surface area contributed by atoms with Crippen LogP contribution in [-0.2, 0) is 17.9 Å². The second-order valence-electron chi connectivity index (χ2n) is 16.9. The van der Waals surface area contributed by atoms with E-state index in [1.807, 2.05) is 6.07 Å². The van der Waals surface area contributed by atoms with Crippen LogP contribution in [0.15, 0.2) is 36.4 Å². The van der Waals surface area contributed by atoms with Gasteiger partial charge in [0.2, 0.25) is 5.91 Å². The first-order valence-corrected chi connectivity index (χ1v) is 17.1. The Morgan fingerprint density at radius 1 is 0.929 bits per heavy atom. The van der Waals surface area contributed by atoms with E-state index in [0.29, 0.717) is 42.7 Å². The molecule has 6 rings (SSSR count). The number of carbonyl (C=O) groups is 1. The lowest BCUT2D eigenvalue weighted by Gasteiger charge is -2.72. The van der Waals surface area contributed by atoms with Crippen LogP contribution in [0.5, 0.6) is 0 Å². The predicted octanol–water partition coefficient (Wildman–Crippen LogP) is 7.78. The number of carbonyl (C=O) groups excluding carboxylic acids is 1. The van der Waals surface area contributed by atoms with E-state index in [4.69, 9.17) is 5.73 Å². The summed E-state index contributed by atoms with van der Waals surface area (Å²) in [4.78, 5) is 14.4. The van der Waals surface area contributed by atoms with E-state index in [2.05, 4.69) is 71.6 Å². The van der Waals surface area contributed by atoms with Crippen molar-refractivity contribution >= 4 is 5.91 Å². The Morgan fingerprint density at radius 3 is 2.38 bits per heavy atom. The van der Waals surface area contributed by atoms with Crippen LogP contribution in [-0.4, -0.2) is 17.1 Å². The van der Waals surface area contributed by atoms with Crippen molar-refractivity contribution in [2.24, 2.45) is 62.4 Å². The fourth-order valence-electron chi connectivity index (χ4n) is 12.7. The summed E-state index contributed by atoms with van der Waals surface area (Å²) in [6.07, 6.45) is 11.1. The zero-order chi connectivity index (χ0) is 30.3. The maximum atomic E-state index is 14.4. The molecule has 4 heteroatoms. The number of hydrogen-bond acceptors (Lipinski definition) is 3. The summed E-state index contributed by atoms with van der Waals surface area (Å²) in [5.74, 6) is 2.88. The van der Waals surface area contributed by atoms with Crippen LogP contribution in [0.4, 0.5) is 0 Å². The molecule has 4 N–H and O–H groups in total. The summed E-state index contributed by atoms with van der Waals surface area (Å²) in [7, 11) is 0. The topological polar surface area (TPSA) is 75.4 Å². The lowest BCUT2D eigenvalue weighted by atomic mass is 9.32. The summed E-state index contributed by atoms with van der Waals surface area (Å²) in [5.41, 5.74) is 9.85. The fraction of sp³-hybridized carbons (Fsp3) is 0.763. The van der Waals surface area contributed by atoms with Gasteiger partial charge in [-0.15, -0.1) is 0 Å². The van der Waals surface area contributed by atoms with E-state index in [9.17, 15) is 9.90 Å². The average Bonchev–Trinajstić information content (AvgIpc) is 3.36. The van der Waals surface area contributed by atoms with Gasteiger partial charge in [0.15, 0.2) is 0 Å². The van der Waals surface area contributed by atoms with Crippen molar-refractivity contribution in [2.75, 3.05) is 0 Å². The third-order valence-electron chi connectivity index (χ3n) is 15.2. The van der Waals surface area contributed by atoms with Crippen LogP contribution < -0.4 is 11.1 Å². The molecule has 5 unspecified atom stereocenters. The molecule has 232 valence electrons. The van der Waals surface area contributed by atoms with Crippen LogP contribution in [0, 0.1) is 56.7 Å². The first-order chi connectivity index (χ1) is 19.7. The van der Waals surface area contributed by atoms with E-state index in [0.717, 1.165) is 49.7 Å². The van der Waals surface area contributed by atoms with Crippen LogP contribution in [0.3, 0.4) is 0 Å². The maximum Gasteiger partial charge on any atom is 0.226 e. The Morgan fingerprint density at radius 2 is 1.67 bits per heavy atom. The molecule has 0 radical (unpaired) electrons. The summed E-state index contributed by atoms with van der Waals surface area (Å²) in [6.45, 7) is 20.4. The second-order valence-corrected chi connectivity index (χ2v) is 16.9. The van der Waals surface area contributed by atoms with E-state index in [1.54, 1.807) is 0 Å². The number of amides is 1. The third kappa shape index (κ3) is 4.09. The Hall–Kier alpha value is -1.65. The standard InChI is InChI=1S/C38H58N2O2/c1-24(2)27-13-18-38(33(42)40-23-26-10-8-9-25(21-26)22-39)20-19-36(6)28(32(27)38)11-12-30-35(5)16-15-31(41)34(3,4)29(35)14-17-37(30,36)7/h8-10,21,27-32,41H,1,11-20,22-23,39H2,2-7H3,(H,40,42)/t27?,28?,29?,30?,31-,32?,35-,36+,37+,38-/m0/s1. The molecule has 4 nitrogen and oxygen atoms in total. The van der Waals surface area contributed by atoms with Gasteiger partial charge in [0, 0.05) is 13.1 Å². The number of benzene rings is 1. The Labute approximate surface area is 255 Å². The van der Waals surface area contributed by atoms with Gasteiger partial charge in [-0.2, -0.15) is 0 Å². The zero-order valence-electron chi connectivity index (χ0n) is 27.4. The highest BCUT2D eigenvalue weighted by molar-refractivity contribution is 5.84. The lowest BCUT2D eigenvalue weighted by Crippen LogP contribution is -2.67. The molecule has 5 aliphatic rings. The number of aliphatic hydroxyl groups excluding tert-OH is 1. The lowest BCUT2D eigenvalue weighted by molar-refractivity contribution is -0.246. The Bertz CT molecular complexity index is 1240. The van der Waals surface area contributed by atoms with E-state index < -0.39 is 0 Å². The van der Waals surface area contributed by atoms with Gasteiger partial charge in [-0.05, 0) is 134 Å². The molecule has 0 saturated heterocycles.